The standard InChI is InChI=1S/C9H9BrF2N2O2/c10-8-5(9(11)12)1-4(2-7(15)16)14-6(8)3-13/h1,9H,2-3,13H2,(H,15,16). The van der Waals surface area contributed by atoms with Crippen molar-refractivity contribution in [2.24, 2.45) is 5.73 Å². The maximum Gasteiger partial charge on any atom is 0.309 e. The first-order valence-electron chi connectivity index (χ1n) is 4.34. The summed E-state index contributed by atoms with van der Waals surface area (Å²) in [5, 5.41) is 8.56. The zero-order valence-corrected chi connectivity index (χ0v) is 9.67. The third kappa shape index (κ3) is 2.96. The summed E-state index contributed by atoms with van der Waals surface area (Å²) in [6.07, 6.45) is -3.10. The number of carboxylic acid groups (broad SMARTS) is 1. The van der Waals surface area contributed by atoms with Crippen LogP contribution in [0, 0.1) is 0 Å². The Morgan fingerprint density at radius 3 is 2.69 bits per heavy atom. The Bertz CT molecular complexity index is 413. The summed E-state index contributed by atoms with van der Waals surface area (Å²) in [7, 11) is 0. The molecule has 0 amide bonds. The van der Waals surface area contributed by atoms with Crippen molar-refractivity contribution in [3.8, 4) is 0 Å². The Hall–Kier alpha value is -1.08. The number of hydrogen-bond acceptors (Lipinski definition) is 3. The van der Waals surface area contributed by atoms with Gasteiger partial charge in [-0.15, -0.1) is 0 Å². The molecule has 0 aromatic carbocycles. The average Bonchev–Trinajstić information content (AvgIpc) is 2.19. The van der Waals surface area contributed by atoms with Crippen LogP contribution < -0.4 is 5.73 Å². The maximum atomic E-state index is 12.6. The molecule has 1 rings (SSSR count). The molecule has 0 radical (unpaired) electrons. The van der Waals surface area contributed by atoms with Gasteiger partial charge in [-0.1, -0.05) is 0 Å². The minimum absolute atomic E-state index is 0.0340. The van der Waals surface area contributed by atoms with Crippen molar-refractivity contribution < 1.29 is 18.7 Å². The van der Waals surface area contributed by atoms with Gasteiger partial charge in [-0.05, 0) is 22.0 Å². The van der Waals surface area contributed by atoms with Crippen LogP contribution in [0.3, 0.4) is 0 Å². The van der Waals surface area contributed by atoms with Gasteiger partial charge in [-0.25, -0.2) is 8.78 Å². The number of pyridine rings is 1. The summed E-state index contributed by atoms with van der Waals surface area (Å²) in [6.45, 7) is -0.0340. The van der Waals surface area contributed by atoms with Crippen molar-refractivity contribution in [3.63, 3.8) is 0 Å². The fraction of sp³-hybridized carbons (Fsp3) is 0.333. The van der Waals surface area contributed by atoms with Gasteiger partial charge in [0.25, 0.3) is 6.43 Å². The minimum atomic E-state index is -2.70. The van der Waals surface area contributed by atoms with Gasteiger partial charge in [0.2, 0.25) is 0 Å². The molecule has 3 N–H and O–H groups in total. The molecule has 1 heterocycles. The molecule has 4 nitrogen and oxygen atoms in total. The van der Waals surface area contributed by atoms with E-state index in [2.05, 4.69) is 20.9 Å². The first kappa shape index (κ1) is 13.0. The van der Waals surface area contributed by atoms with E-state index < -0.39 is 18.8 Å². The number of alkyl halides is 2. The quantitative estimate of drug-likeness (QED) is 0.889. The molecular weight excluding hydrogens is 286 g/mol. The van der Waals surface area contributed by atoms with Crippen molar-refractivity contribution >= 4 is 21.9 Å². The lowest BCUT2D eigenvalue weighted by atomic mass is 10.1. The molecular formula is C9H9BrF2N2O2. The molecule has 0 aliphatic heterocycles. The maximum absolute atomic E-state index is 12.6. The summed E-state index contributed by atoms with van der Waals surface area (Å²) in [5.74, 6) is -1.13. The second kappa shape index (κ2) is 5.31. The molecule has 16 heavy (non-hydrogen) atoms. The molecule has 0 unspecified atom stereocenters. The molecule has 0 spiro atoms. The Labute approximate surface area is 98.6 Å². The zero-order chi connectivity index (χ0) is 12.3. The van der Waals surface area contributed by atoms with E-state index in [1.165, 1.54) is 0 Å². The van der Waals surface area contributed by atoms with Crippen molar-refractivity contribution in [2.45, 2.75) is 19.4 Å². The Kier molecular flexibility index (Phi) is 4.31. The fourth-order valence-electron chi connectivity index (χ4n) is 1.20. The number of carboxylic acids is 1. The lowest BCUT2D eigenvalue weighted by Gasteiger charge is -2.09. The van der Waals surface area contributed by atoms with Crippen LogP contribution in [0.2, 0.25) is 0 Å². The predicted molar refractivity (Wildman–Crippen MR) is 56.1 cm³/mol. The number of nitrogens with zero attached hydrogens (tertiary/aromatic N) is 1. The van der Waals surface area contributed by atoms with E-state index >= 15 is 0 Å². The molecule has 0 saturated heterocycles. The molecule has 0 fully saturated rings. The third-order valence-corrected chi connectivity index (χ3v) is 2.78. The molecule has 0 bridgehead atoms. The molecule has 0 aliphatic rings. The molecule has 0 saturated carbocycles. The van der Waals surface area contributed by atoms with E-state index in [9.17, 15) is 13.6 Å². The van der Waals surface area contributed by atoms with Gasteiger partial charge >= 0.3 is 5.97 Å². The molecule has 7 heteroatoms. The number of aliphatic carboxylic acids is 1. The molecule has 1 aromatic heterocycles. The van der Waals surface area contributed by atoms with Crippen LogP contribution in [-0.2, 0) is 17.8 Å². The van der Waals surface area contributed by atoms with Crippen LogP contribution >= 0.6 is 15.9 Å². The zero-order valence-electron chi connectivity index (χ0n) is 8.08. The smallest absolute Gasteiger partial charge is 0.309 e. The van der Waals surface area contributed by atoms with Crippen molar-refractivity contribution in [1.82, 2.24) is 4.98 Å². The van der Waals surface area contributed by atoms with E-state index in [0.29, 0.717) is 0 Å². The highest BCUT2D eigenvalue weighted by Gasteiger charge is 2.17. The summed E-state index contributed by atoms with van der Waals surface area (Å²) in [4.78, 5) is 14.4. The third-order valence-electron chi connectivity index (χ3n) is 1.87. The van der Waals surface area contributed by atoms with E-state index in [-0.39, 0.29) is 28.0 Å². The SMILES string of the molecule is NCc1nc(CC(=O)O)cc(C(F)F)c1Br. The van der Waals surface area contributed by atoms with Gasteiger partial charge in [-0.2, -0.15) is 0 Å². The van der Waals surface area contributed by atoms with Crippen molar-refractivity contribution in [1.29, 1.82) is 0 Å². The highest BCUT2D eigenvalue weighted by atomic mass is 79.9. The first-order valence-corrected chi connectivity index (χ1v) is 5.13. The first-order chi connectivity index (χ1) is 7.45. The number of hydrogen-bond donors (Lipinski definition) is 2. The molecule has 88 valence electrons. The largest absolute Gasteiger partial charge is 0.481 e. The van der Waals surface area contributed by atoms with E-state index in [0.717, 1.165) is 6.07 Å². The number of aromatic nitrogens is 1. The highest BCUT2D eigenvalue weighted by Crippen LogP contribution is 2.30. The van der Waals surface area contributed by atoms with Crippen LogP contribution in [0.25, 0.3) is 0 Å². The minimum Gasteiger partial charge on any atom is -0.481 e. The summed E-state index contributed by atoms with van der Waals surface area (Å²) < 4.78 is 25.4. The lowest BCUT2D eigenvalue weighted by Crippen LogP contribution is -2.09. The van der Waals surface area contributed by atoms with Gasteiger partial charge < -0.3 is 10.8 Å². The van der Waals surface area contributed by atoms with E-state index in [1.54, 1.807) is 0 Å². The molecule has 0 aliphatic carbocycles. The van der Waals surface area contributed by atoms with Crippen molar-refractivity contribution in [2.75, 3.05) is 0 Å². The van der Waals surface area contributed by atoms with Gasteiger partial charge in [-0.3, -0.25) is 9.78 Å². The van der Waals surface area contributed by atoms with Gasteiger partial charge in [0, 0.05) is 16.6 Å². The Morgan fingerprint density at radius 1 is 1.62 bits per heavy atom. The second-order valence-electron chi connectivity index (χ2n) is 3.04. The van der Waals surface area contributed by atoms with E-state index in [4.69, 9.17) is 10.8 Å². The number of rotatable bonds is 4. The normalized spacial score (nSPS) is 10.8. The fourth-order valence-corrected chi connectivity index (χ4v) is 1.74. The highest BCUT2D eigenvalue weighted by molar-refractivity contribution is 9.10. The van der Waals surface area contributed by atoms with Crippen LogP contribution in [0.15, 0.2) is 10.5 Å². The van der Waals surface area contributed by atoms with Crippen LogP contribution in [0.1, 0.15) is 23.4 Å². The van der Waals surface area contributed by atoms with Crippen LogP contribution in [0.4, 0.5) is 8.78 Å². The van der Waals surface area contributed by atoms with Gasteiger partial charge in [0.1, 0.15) is 0 Å². The topological polar surface area (TPSA) is 76.2 Å². The number of carbonyl (C=O) groups is 1. The van der Waals surface area contributed by atoms with Gasteiger partial charge in [0.05, 0.1) is 17.8 Å². The molecule has 0 atom stereocenters. The van der Waals surface area contributed by atoms with Crippen LogP contribution in [0.5, 0.6) is 0 Å². The van der Waals surface area contributed by atoms with Gasteiger partial charge in [0.15, 0.2) is 0 Å². The lowest BCUT2D eigenvalue weighted by molar-refractivity contribution is -0.136. The number of halogens is 3. The second-order valence-corrected chi connectivity index (χ2v) is 3.83. The van der Waals surface area contributed by atoms with Crippen molar-refractivity contribution in [3.05, 3.63) is 27.5 Å². The summed E-state index contributed by atoms with van der Waals surface area (Å²) in [5.41, 5.74) is 5.36. The summed E-state index contributed by atoms with van der Waals surface area (Å²) in [6, 6.07) is 1.07. The monoisotopic (exact) mass is 294 g/mol. The Balaban J connectivity index is 3.22. The molecule has 1 aromatic rings. The average molecular weight is 295 g/mol. The van der Waals surface area contributed by atoms with Crippen LogP contribution in [-0.4, -0.2) is 16.1 Å². The number of nitrogens with two attached hydrogens (primary N) is 1. The summed E-state index contributed by atoms with van der Waals surface area (Å²) >= 11 is 2.97. The van der Waals surface area contributed by atoms with E-state index in [1.807, 2.05) is 0 Å². The predicted octanol–water partition coefficient (Wildman–Crippen LogP) is 1.87. The Morgan fingerprint density at radius 2 is 2.25 bits per heavy atom.